The van der Waals surface area contributed by atoms with Gasteiger partial charge in [-0.05, 0) is 11.6 Å². The molecule has 0 atom stereocenters. The molecule has 1 aliphatic rings. The van der Waals surface area contributed by atoms with Crippen LogP contribution >= 0.6 is 0 Å². The first-order valence-electron chi connectivity index (χ1n) is 4.05. The monoisotopic (exact) mass is 166 g/mol. The van der Waals surface area contributed by atoms with Gasteiger partial charge in [-0.3, -0.25) is 0 Å². The quantitative estimate of drug-likeness (QED) is 0.621. The summed E-state index contributed by atoms with van der Waals surface area (Å²) in [5.74, 6) is -0.122. The minimum absolute atomic E-state index is 0.0919. The van der Waals surface area contributed by atoms with Crippen LogP contribution in [0.25, 0.3) is 0 Å². The Morgan fingerprint density at radius 1 is 1.33 bits per heavy atom. The molecule has 0 radical (unpaired) electrons. The van der Waals surface area contributed by atoms with Crippen molar-refractivity contribution in [3.8, 4) is 0 Å². The molecular formula is C10H11FO. The van der Waals surface area contributed by atoms with Gasteiger partial charge in [0.25, 0.3) is 0 Å². The highest BCUT2D eigenvalue weighted by atomic mass is 19.1. The van der Waals surface area contributed by atoms with Gasteiger partial charge < -0.3 is 4.74 Å². The van der Waals surface area contributed by atoms with Crippen LogP contribution in [0.15, 0.2) is 24.3 Å². The fraction of sp³-hybridized carbons (Fsp3) is 0.400. The Bertz CT molecular complexity index is 292. The van der Waals surface area contributed by atoms with E-state index in [1.807, 2.05) is 19.1 Å². The van der Waals surface area contributed by atoms with Crippen LogP contribution in [0.5, 0.6) is 0 Å². The summed E-state index contributed by atoms with van der Waals surface area (Å²) in [5, 5.41) is 0. The molecule has 2 rings (SSSR count). The van der Waals surface area contributed by atoms with Crippen molar-refractivity contribution in [2.45, 2.75) is 12.3 Å². The smallest absolute Gasteiger partial charge is 0.127 e. The number of hydrogen-bond donors (Lipinski definition) is 0. The van der Waals surface area contributed by atoms with E-state index in [4.69, 9.17) is 4.74 Å². The van der Waals surface area contributed by atoms with Crippen molar-refractivity contribution < 1.29 is 9.13 Å². The van der Waals surface area contributed by atoms with Crippen molar-refractivity contribution in [1.29, 1.82) is 0 Å². The van der Waals surface area contributed by atoms with Crippen molar-refractivity contribution in [1.82, 2.24) is 0 Å². The van der Waals surface area contributed by atoms with Gasteiger partial charge in [-0.15, -0.1) is 0 Å². The molecule has 64 valence electrons. The van der Waals surface area contributed by atoms with Gasteiger partial charge in [-0.2, -0.15) is 0 Å². The van der Waals surface area contributed by atoms with Crippen LogP contribution in [-0.4, -0.2) is 13.2 Å². The zero-order chi connectivity index (χ0) is 8.60. The summed E-state index contributed by atoms with van der Waals surface area (Å²) in [6.45, 7) is 3.29. The Balaban J connectivity index is 2.39. The van der Waals surface area contributed by atoms with Crippen LogP contribution in [0.4, 0.5) is 4.39 Å². The van der Waals surface area contributed by atoms with E-state index in [1.54, 1.807) is 6.07 Å². The average Bonchev–Trinajstić information content (AvgIpc) is 2.01. The van der Waals surface area contributed by atoms with E-state index in [0.717, 1.165) is 5.56 Å². The normalized spacial score (nSPS) is 20.2. The third kappa shape index (κ3) is 1.03. The van der Waals surface area contributed by atoms with Crippen molar-refractivity contribution in [2.75, 3.05) is 13.2 Å². The van der Waals surface area contributed by atoms with Gasteiger partial charge in [0, 0.05) is 5.41 Å². The third-order valence-corrected chi connectivity index (χ3v) is 2.37. The topological polar surface area (TPSA) is 9.23 Å². The van der Waals surface area contributed by atoms with E-state index in [9.17, 15) is 4.39 Å². The lowest BCUT2D eigenvalue weighted by atomic mass is 9.80. The van der Waals surface area contributed by atoms with E-state index in [2.05, 4.69) is 0 Å². The first-order chi connectivity index (χ1) is 5.72. The maximum Gasteiger partial charge on any atom is 0.127 e. The standard InChI is InChI=1S/C10H11FO/c1-10(6-12-7-10)8-4-2-3-5-9(8)11/h2-5H,6-7H2,1H3. The van der Waals surface area contributed by atoms with Crippen LogP contribution in [0.2, 0.25) is 0 Å². The fourth-order valence-corrected chi connectivity index (χ4v) is 1.51. The Morgan fingerprint density at radius 2 is 2.00 bits per heavy atom. The second-order valence-corrected chi connectivity index (χ2v) is 3.53. The van der Waals surface area contributed by atoms with Gasteiger partial charge in [0.15, 0.2) is 0 Å². The molecule has 1 fully saturated rings. The van der Waals surface area contributed by atoms with Crippen LogP contribution in [-0.2, 0) is 10.2 Å². The molecule has 1 aromatic carbocycles. The van der Waals surface area contributed by atoms with E-state index < -0.39 is 0 Å². The molecule has 0 unspecified atom stereocenters. The Kier molecular flexibility index (Phi) is 1.65. The Hall–Kier alpha value is -0.890. The molecule has 1 aromatic rings. The predicted molar refractivity (Wildman–Crippen MR) is 44.6 cm³/mol. The zero-order valence-electron chi connectivity index (χ0n) is 7.01. The Morgan fingerprint density at radius 3 is 2.50 bits per heavy atom. The molecule has 0 spiro atoms. The molecule has 0 N–H and O–H groups in total. The van der Waals surface area contributed by atoms with E-state index in [1.165, 1.54) is 6.07 Å². The second kappa shape index (κ2) is 2.56. The van der Waals surface area contributed by atoms with E-state index in [-0.39, 0.29) is 11.2 Å². The zero-order valence-corrected chi connectivity index (χ0v) is 7.01. The van der Waals surface area contributed by atoms with Crippen LogP contribution < -0.4 is 0 Å². The van der Waals surface area contributed by atoms with Gasteiger partial charge in [0.05, 0.1) is 13.2 Å². The molecule has 0 saturated carbocycles. The molecule has 1 nitrogen and oxygen atoms in total. The van der Waals surface area contributed by atoms with Gasteiger partial charge >= 0.3 is 0 Å². The minimum Gasteiger partial charge on any atom is -0.379 e. The highest BCUT2D eigenvalue weighted by Crippen LogP contribution is 2.32. The van der Waals surface area contributed by atoms with Crippen molar-refractivity contribution in [3.63, 3.8) is 0 Å². The largest absolute Gasteiger partial charge is 0.379 e. The maximum absolute atomic E-state index is 13.3. The molecule has 12 heavy (non-hydrogen) atoms. The number of benzene rings is 1. The number of halogens is 1. The molecule has 1 saturated heterocycles. The van der Waals surface area contributed by atoms with Crippen LogP contribution in [0.1, 0.15) is 12.5 Å². The maximum atomic E-state index is 13.3. The van der Waals surface area contributed by atoms with Gasteiger partial charge in [0.2, 0.25) is 0 Å². The lowest BCUT2D eigenvalue weighted by Gasteiger charge is -2.38. The highest BCUT2D eigenvalue weighted by molar-refractivity contribution is 5.28. The van der Waals surface area contributed by atoms with Crippen LogP contribution in [0, 0.1) is 5.82 Å². The highest BCUT2D eigenvalue weighted by Gasteiger charge is 2.36. The van der Waals surface area contributed by atoms with E-state index in [0.29, 0.717) is 13.2 Å². The summed E-state index contributed by atoms with van der Waals surface area (Å²) in [7, 11) is 0. The lowest BCUT2D eigenvalue weighted by Crippen LogP contribution is -2.44. The summed E-state index contributed by atoms with van der Waals surface area (Å²) in [5.41, 5.74) is 0.682. The molecule has 0 bridgehead atoms. The van der Waals surface area contributed by atoms with Gasteiger partial charge in [0.1, 0.15) is 5.82 Å². The summed E-state index contributed by atoms with van der Waals surface area (Å²) in [6.07, 6.45) is 0. The fourth-order valence-electron chi connectivity index (χ4n) is 1.51. The van der Waals surface area contributed by atoms with Crippen molar-refractivity contribution in [2.24, 2.45) is 0 Å². The first kappa shape index (κ1) is 7.74. The molecule has 0 aliphatic carbocycles. The molecule has 1 aliphatic heterocycles. The van der Waals surface area contributed by atoms with Crippen molar-refractivity contribution >= 4 is 0 Å². The first-order valence-corrected chi connectivity index (χ1v) is 4.05. The molecule has 2 heteroatoms. The predicted octanol–water partition coefficient (Wildman–Crippen LogP) is 2.11. The average molecular weight is 166 g/mol. The Labute approximate surface area is 71.2 Å². The second-order valence-electron chi connectivity index (χ2n) is 3.53. The van der Waals surface area contributed by atoms with Gasteiger partial charge in [-0.1, -0.05) is 25.1 Å². The van der Waals surface area contributed by atoms with Crippen LogP contribution in [0.3, 0.4) is 0 Å². The molecule has 1 heterocycles. The SMILES string of the molecule is CC1(c2ccccc2F)COC1. The van der Waals surface area contributed by atoms with Gasteiger partial charge in [-0.25, -0.2) is 4.39 Å². The third-order valence-electron chi connectivity index (χ3n) is 2.37. The molecule has 0 aromatic heterocycles. The molecule has 0 amide bonds. The summed E-state index contributed by atoms with van der Waals surface area (Å²) in [6, 6.07) is 6.90. The molecular weight excluding hydrogens is 155 g/mol. The summed E-state index contributed by atoms with van der Waals surface area (Å²) >= 11 is 0. The summed E-state index contributed by atoms with van der Waals surface area (Å²) in [4.78, 5) is 0. The number of hydrogen-bond acceptors (Lipinski definition) is 1. The number of ether oxygens (including phenoxy) is 1. The number of rotatable bonds is 1. The van der Waals surface area contributed by atoms with Crippen molar-refractivity contribution in [3.05, 3.63) is 35.6 Å². The summed E-state index contributed by atoms with van der Waals surface area (Å²) < 4.78 is 18.3. The lowest BCUT2D eigenvalue weighted by molar-refractivity contribution is -0.0515. The van der Waals surface area contributed by atoms with E-state index >= 15 is 0 Å². The minimum atomic E-state index is -0.122.